The van der Waals surface area contributed by atoms with Crippen LogP contribution in [0.3, 0.4) is 0 Å². The molecule has 0 bridgehead atoms. The van der Waals surface area contributed by atoms with Crippen LogP contribution in [0.15, 0.2) is 47.4 Å². The Hall–Kier alpha value is -1.40. The molecule has 0 spiro atoms. The summed E-state index contributed by atoms with van der Waals surface area (Å²) in [4.78, 5) is 28.9. The second-order valence-corrected chi connectivity index (χ2v) is 10.8. The number of nitrogens with one attached hydrogen (secondary N) is 1. The van der Waals surface area contributed by atoms with Crippen LogP contribution < -0.4 is 5.32 Å². The highest BCUT2D eigenvalue weighted by Gasteiger charge is 2.28. The Morgan fingerprint density at radius 3 is 2.39 bits per heavy atom. The maximum Gasteiger partial charge on any atom is 0.242 e. The predicted molar refractivity (Wildman–Crippen MR) is 138 cm³/mol. The van der Waals surface area contributed by atoms with Crippen LogP contribution in [0.1, 0.15) is 51.0 Å². The summed E-state index contributed by atoms with van der Waals surface area (Å²) in [7, 11) is 0. The van der Waals surface area contributed by atoms with Gasteiger partial charge in [0.25, 0.3) is 0 Å². The lowest BCUT2D eigenvalue weighted by Gasteiger charge is -2.30. The summed E-state index contributed by atoms with van der Waals surface area (Å²) < 4.78 is 0. The first-order valence-electron chi connectivity index (χ1n) is 11.3. The van der Waals surface area contributed by atoms with Crippen molar-refractivity contribution in [2.75, 3.05) is 5.75 Å². The molecule has 1 aliphatic carbocycles. The Balaban J connectivity index is 1.63. The van der Waals surface area contributed by atoms with Crippen molar-refractivity contribution < 1.29 is 9.59 Å². The summed E-state index contributed by atoms with van der Waals surface area (Å²) in [6, 6.07) is 12.5. The van der Waals surface area contributed by atoms with E-state index in [0.717, 1.165) is 41.9 Å². The minimum atomic E-state index is -0.589. The molecule has 8 heteroatoms. The highest BCUT2D eigenvalue weighted by Crippen LogP contribution is 2.25. The highest BCUT2D eigenvalue weighted by atomic mass is 35.5. The molecule has 0 saturated heterocycles. The maximum absolute atomic E-state index is 13.2. The quantitative estimate of drug-likeness (QED) is 0.267. The second kappa shape index (κ2) is 12.9. The van der Waals surface area contributed by atoms with Crippen LogP contribution in [0.5, 0.6) is 0 Å². The zero-order valence-electron chi connectivity index (χ0n) is 18.7. The summed E-state index contributed by atoms with van der Waals surface area (Å²) in [6.07, 6.45) is 5.32. The standard InChI is InChI=1S/C25H29Cl3N2O2S/c1-17(25(32)29-21-5-2-3-6-21)30(16-18-8-9-20(27)15-23(18)28)24(31)7-4-14-33-22-12-10-19(26)11-13-22/h8-13,15,17,21H,2-7,14,16H2,1H3,(H,29,32)/t17-/m0/s1. The van der Waals surface area contributed by atoms with E-state index in [1.807, 2.05) is 30.3 Å². The van der Waals surface area contributed by atoms with E-state index in [1.54, 1.807) is 35.7 Å². The van der Waals surface area contributed by atoms with E-state index in [0.29, 0.717) is 27.9 Å². The Bertz CT molecular complexity index is 949. The fourth-order valence-corrected chi connectivity index (χ4v) is 5.34. The van der Waals surface area contributed by atoms with Gasteiger partial charge in [0, 0.05) is 39.0 Å². The normalized spacial score (nSPS) is 14.8. The van der Waals surface area contributed by atoms with E-state index in [1.165, 1.54) is 0 Å². The van der Waals surface area contributed by atoms with Gasteiger partial charge in [0.15, 0.2) is 0 Å². The molecule has 33 heavy (non-hydrogen) atoms. The van der Waals surface area contributed by atoms with Crippen LogP contribution in [-0.2, 0) is 16.1 Å². The molecule has 2 amide bonds. The molecular weight excluding hydrogens is 499 g/mol. The van der Waals surface area contributed by atoms with Crippen molar-refractivity contribution in [3.63, 3.8) is 0 Å². The molecule has 0 aromatic heterocycles. The molecule has 2 aromatic rings. The van der Waals surface area contributed by atoms with Crippen LogP contribution in [0, 0.1) is 0 Å². The molecule has 1 aliphatic rings. The van der Waals surface area contributed by atoms with Gasteiger partial charge in [-0.25, -0.2) is 0 Å². The second-order valence-electron chi connectivity index (χ2n) is 8.33. The number of halogens is 3. The number of hydrogen-bond donors (Lipinski definition) is 1. The number of hydrogen-bond acceptors (Lipinski definition) is 3. The van der Waals surface area contributed by atoms with Gasteiger partial charge in [-0.2, -0.15) is 0 Å². The van der Waals surface area contributed by atoms with Gasteiger partial charge in [0.2, 0.25) is 11.8 Å². The predicted octanol–water partition coefficient (Wildman–Crippen LogP) is 7.00. The lowest BCUT2D eigenvalue weighted by atomic mass is 10.1. The van der Waals surface area contributed by atoms with Gasteiger partial charge in [-0.15, -0.1) is 11.8 Å². The summed E-state index contributed by atoms with van der Waals surface area (Å²) >= 11 is 20.0. The topological polar surface area (TPSA) is 49.4 Å². The Morgan fingerprint density at radius 1 is 1.06 bits per heavy atom. The van der Waals surface area contributed by atoms with Gasteiger partial charge in [-0.3, -0.25) is 9.59 Å². The number of carbonyl (C=O) groups excluding carboxylic acids is 2. The van der Waals surface area contributed by atoms with Crippen molar-refractivity contribution in [2.45, 2.75) is 69.0 Å². The molecule has 0 aliphatic heterocycles. The SMILES string of the molecule is C[C@@H](C(=O)NC1CCCC1)N(Cc1ccc(Cl)cc1Cl)C(=O)CCCSc1ccc(Cl)cc1. The number of thioether (sulfide) groups is 1. The summed E-state index contributed by atoms with van der Waals surface area (Å²) in [6.45, 7) is 2.05. The minimum Gasteiger partial charge on any atom is -0.352 e. The molecular formula is C25H29Cl3N2O2S. The number of nitrogens with zero attached hydrogens (tertiary/aromatic N) is 1. The molecule has 178 valence electrons. The lowest BCUT2D eigenvalue weighted by Crippen LogP contribution is -2.49. The van der Waals surface area contributed by atoms with Gasteiger partial charge in [-0.1, -0.05) is 53.7 Å². The zero-order valence-corrected chi connectivity index (χ0v) is 21.7. The molecule has 0 heterocycles. The lowest BCUT2D eigenvalue weighted by molar-refractivity contribution is -0.140. The average Bonchev–Trinajstić information content (AvgIpc) is 3.30. The number of benzene rings is 2. The van der Waals surface area contributed by atoms with E-state index < -0.39 is 6.04 Å². The van der Waals surface area contributed by atoms with Gasteiger partial charge in [0.1, 0.15) is 6.04 Å². The van der Waals surface area contributed by atoms with E-state index in [-0.39, 0.29) is 24.4 Å². The van der Waals surface area contributed by atoms with Crippen LogP contribution in [0.2, 0.25) is 15.1 Å². The first kappa shape index (κ1) is 26.2. The van der Waals surface area contributed by atoms with Gasteiger partial charge in [0.05, 0.1) is 0 Å². The summed E-state index contributed by atoms with van der Waals surface area (Å²) in [5.41, 5.74) is 0.769. The van der Waals surface area contributed by atoms with E-state index >= 15 is 0 Å². The first-order chi connectivity index (χ1) is 15.8. The zero-order chi connectivity index (χ0) is 23.8. The van der Waals surface area contributed by atoms with Crippen LogP contribution in [0.25, 0.3) is 0 Å². The van der Waals surface area contributed by atoms with Gasteiger partial charge in [-0.05, 0) is 73.9 Å². The molecule has 1 fully saturated rings. The van der Waals surface area contributed by atoms with Crippen molar-refractivity contribution in [3.05, 3.63) is 63.1 Å². The van der Waals surface area contributed by atoms with Crippen LogP contribution in [0.4, 0.5) is 0 Å². The number of amides is 2. The van der Waals surface area contributed by atoms with Crippen molar-refractivity contribution >= 4 is 58.4 Å². The van der Waals surface area contributed by atoms with E-state index in [9.17, 15) is 9.59 Å². The molecule has 1 N–H and O–H groups in total. The third-order valence-electron chi connectivity index (χ3n) is 5.84. The van der Waals surface area contributed by atoms with Crippen molar-refractivity contribution in [1.82, 2.24) is 10.2 Å². The third kappa shape index (κ3) is 8.10. The Morgan fingerprint density at radius 2 is 1.73 bits per heavy atom. The number of rotatable bonds is 10. The number of carbonyl (C=O) groups is 2. The van der Waals surface area contributed by atoms with Crippen molar-refractivity contribution in [2.24, 2.45) is 0 Å². The molecule has 3 rings (SSSR count). The van der Waals surface area contributed by atoms with Crippen LogP contribution >= 0.6 is 46.6 Å². The Kier molecular flexibility index (Phi) is 10.2. The van der Waals surface area contributed by atoms with Gasteiger partial charge >= 0.3 is 0 Å². The smallest absolute Gasteiger partial charge is 0.242 e. The summed E-state index contributed by atoms with van der Waals surface area (Å²) in [5.74, 6) is 0.619. The molecule has 2 aromatic carbocycles. The highest BCUT2D eigenvalue weighted by molar-refractivity contribution is 7.99. The molecule has 0 unspecified atom stereocenters. The minimum absolute atomic E-state index is 0.0632. The van der Waals surface area contributed by atoms with Crippen molar-refractivity contribution in [3.8, 4) is 0 Å². The fraction of sp³-hybridized carbons (Fsp3) is 0.440. The van der Waals surface area contributed by atoms with E-state index in [2.05, 4.69) is 5.32 Å². The largest absolute Gasteiger partial charge is 0.352 e. The fourth-order valence-electron chi connectivity index (χ4n) is 3.90. The Labute approximate surface area is 215 Å². The first-order valence-corrected chi connectivity index (χ1v) is 13.4. The summed E-state index contributed by atoms with van der Waals surface area (Å²) in [5, 5.41) is 4.84. The maximum atomic E-state index is 13.2. The van der Waals surface area contributed by atoms with Gasteiger partial charge < -0.3 is 10.2 Å². The molecule has 4 nitrogen and oxygen atoms in total. The average molecular weight is 528 g/mol. The molecule has 1 saturated carbocycles. The van der Waals surface area contributed by atoms with Crippen molar-refractivity contribution in [1.29, 1.82) is 0 Å². The molecule has 0 radical (unpaired) electrons. The third-order valence-corrected chi connectivity index (χ3v) is 7.78. The monoisotopic (exact) mass is 526 g/mol. The van der Waals surface area contributed by atoms with Crippen LogP contribution in [-0.4, -0.2) is 34.6 Å². The molecule has 1 atom stereocenters. The van der Waals surface area contributed by atoms with E-state index in [4.69, 9.17) is 34.8 Å².